The quantitative estimate of drug-likeness (QED) is 0.705. The minimum Gasteiger partial charge on any atom is -0.480 e. The smallest absolute Gasteiger partial charge is 0.326 e. The Labute approximate surface area is 114 Å². The van der Waals surface area contributed by atoms with Crippen molar-refractivity contribution in [2.45, 2.75) is 19.4 Å². The van der Waals surface area contributed by atoms with Crippen LogP contribution in [0, 0.1) is 6.92 Å². The molecule has 1 atom stereocenters. The van der Waals surface area contributed by atoms with E-state index in [2.05, 4.69) is 20.4 Å². The van der Waals surface area contributed by atoms with E-state index in [1.54, 1.807) is 18.7 Å². The van der Waals surface area contributed by atoms with Crippen molar-refractivity contribution in [3.63, 3.8) is 0 Å². The average Bonchev–Trinajstić information content (AvgIpc) is 3.00. The topological polar surface area (TPSA) is 113 Å². The molecule has 3 N–H and O–H groups in total. The molecule has 2 aromatic heterocycles. The summed E-state index contributed by atoms with van der Waals surface area (Å²) in [6.45, 7) is 1.74. The Kier molecular flexibility index (Phi) is 3.83. The maximum absolute atomic E-state index is 12.1. The van der Waals surface area contributed by atoms with Crippen LogP contribution < -0.4 is 5.32 Å². The largest absolute Gasteiger partial charge is 0.480 e. The van der Waals surface area contributed by atoms with Crippen LogP contribution in [-0.4, -0.2) is 42.8 Å². The SMILES string of the molecule is Cc1c(C(=O)N[C@H](Cc2cnc[nH]2)C(=O)O)cnn1C. The van der Waals surface area contributed by atoms with Gasteiger partial charge in [-0.1, -0.05) is 0 Å². The first kappa shape index (κ1) is 13.8. The van der Waals surface area contributed by atoms with E-state index in [4.69, 9.17) is 0 Å². The van der Waals surface area contributed by atoms with Crippen LogP contribution in [0.25, 0.3) is 0 Å². The number of H-pyrrole nitrogens is 1. The van der Waals surface area contributed by atoms with Gasteiger partial charge < -0.3 is 15.4 Å². The molecule has 0 aliphatic heterocycles. The molecule has 8 heteroatoms. The summed E-state index contributed by atoms with van der Waals surface area (Å²) in [5, 5.41) is 15.6. The fourth-order valence-electron chi connectivity index (χ4n) is 1.77. The Bertz CT molecular complexity index is 617. The summed E-state index contributed by atoms with van der Waals surface area (Å²) in [6, 6.07) is -1.03. The highest BCUT2D eigenvalue weighted by molar-refractivity contribution is 5.97. The van der Waals surface area contributed by atoms with E-state index in [-0.39, 0.29) is 6.42 Å². The monoisotopic (exact) mass is 277 g/mol. The maximum Gasteiger partial charge on any atom is 0.326 e. The third kappa shape index (κ3) is 2.85. The number of aliphatic carboxylic acids is 1. The number of imidazole rings is 1. The molecule has 0 unspecified atom stereocenters. The Balaban J connectivity index is 2.10. The van der Waals surface area contributed by atoms with Gasteiger partial charge in [0.05, 0.1) is 18.1 Å². The van der Waals surface area contributed by atoms with Gasteiger partial charge in [0.2, 0.25) is 0 Å². The third-order valence-electron chi connectivity index (χ3n) is 3.06. The molecule has 106 valence electrons. The van der Waals surface area contributed by atoms with Crippen molar-refractivity contribution in [2.24, 2.45) is 7.05 Å². The van der Waals surface area contributed by atoms with Crippen LogP contribution in [0.15, 0.2) is 18.7 Å². The standard InChI is InChI=1S/C12H15N5O3/c1-7-9(5-15-17(7)2)11(18)16-10(12(19)20)3-8-4-13-6-14-8/h4-6,10H,3H2,1-2H3,(H,13,14)(H,16,18)(H,19,20)/t10-/m1/s1. The van der Waals surface area contributed by atoms with Crippen molar-refractivity contribution in [1.29, 1.82) is 0 Å². The minimum atomic E-state index is -1.10. The second-order valence-corrected chi connectivity index (χ2v) is 4.41. The number of aryl methyl sites for hydroxylation is 1. The van der Waals surface area contributed by atoms with Gasteiger partial charge in [0.15, 0.2) is 0 Å². The number of aromatic amines is 1. The van der Waals surface area contributed by atoms with Crippen molar-refractivity contribution in [3.8, 4) is 0 Å². The van der Waals surface area contributed by atoms with Gasteiger partial charge in [-0.3, -0.25) is 9.48 Å². The lowest BCUT2D eigenvalue weighted by atomic mass is 10.1. The lowest BCUT2D eigenvalue weighted by molar-refractivity contribution is -0.139. The Hall–Kier alpha value is -2.64. The molecule has 1 amide bonds. The van der Waals surface area contributed by atoms with Crippen molar-refractivity contribution in [2.75, 3.05) is 0 Å². The van der Waals surface area contributed by atoms with Crippen LogP contribution in [0.1, 0.15) is 21.7 Å². The van der Waals surface area contributed by atoms with E-state index in [0.717, 1.165) is 0 Å². The number of hydrogen-bond acceptors (Lipinski definition) is 4. The van der Waals surface area contributed by atoms with Crippen LogP contribution in [0.5, 0.6) is 0 Å². The molecule has 2 heterocycles. The first-order chi connectivity index (χ1) is 9.49. The molecule has 0 aliphatic rings. The maximum atomic E-state index is 12.1. The Morgan fingerprint density at radius 2 is 2.25 bits per heavy atom. The number of aromatic nitrogens is 4. The van der Waals surface area contributed by atoms with Gasteiger partial charge in [-0.05, 0) is 6.92 Å². The highest BCUT2D eigenvalue weighted by Crippen LogP contribution is 2.07. The van der Waals surface area contributed by atoms with Gasteiger partial charge in [0.25, 0.3) is 5.91 Å². The predicted octanol–water partition coefficient (Wildman–Crippen LogP) is -0.123. The van der Waals surface area contributed by atoms with Gasteiger partial charge in [0, 0.05) is 31.1 Å². The van der Waals surface area contributed by atoms with Gasteiger partial charge in [-0.15, -0.1) is 0 Å². The zero-order chi connectivity index (χ0) is 14.7. The van der Waals surface area contributed by atoms with Crippen LogP contribution in [0.4, 0.5) is 0 Å². The predicted molar refractivity (Wildman–Crippen MR) is 69.1 cm³/mol. The van der Waals surface area contributed by atoms with E-state index in [1.165, 1.54) is 18.7 Å². The normalized spacial score (nSPS) is 12.1. The molecule has 0 spiro atoms. The van der Waals surface area contributed by atoms with E-state index in [0.29, 0.717) is 17.0 Å². The summed E-state index contributed by atoms with van der Waals surface area (Å²) >= 11 is 0. The molecule has 8 nitrogen and oxygen atoms in total. The number of nitrogens with zero attached hydrogens (tertiary/aromatic N) is 3. The van der Waals surface area contributed by atoms with E-state index in [1.807, 2.05) is 0 Å². The first-order valence-corrected chi connectivity index (χ1v) is 5.98. The highest BCUT2D eigenvalue weighted by Gasteiger charge is 2.23. The van der Waals surface area contributed by atoms with Gasteiger partial charge in [-0.25, -0.2) is 9.78 Å². The average molecular weight is 277 g/mol. The van der Waals surface area contributed by atoms with Crippen molar-refractivity contribution < 1.29 is 14.7 Å². The minimum absolute atomic E-state index is 0.139. The van der Waals surface area contributed by atoms with Crippen molar-refractivity contribution >= 4 is 11.9 Å². The molecule has 20 heavy (non-hydrogen) atoms. The summed E-state index contributed by atoms with van der Waals surface area (Å²) in [5.74, 6) is -1.56. The Morgan fingerprint density at radius 3 is 2.75 bits per heavy atom. The van der Waals surface area contributed by atoms with E-state index in [9.17, 15) is 14.7 Å². The third-order valence-corrected chi connectivity index (χ3v) is 3.06. The van der Waals surface area contributed by atoms with Crippen LogP contribution in [0.3, 0.4) is 0 Å². The highest BCUT2D eigenvalue weighted by atomic mass is 16.4. The fraction of sp³-hybridized carbons (Fsp3) is 0.333. The number of rotatable bonds is 5. The number of carboxylic acid groups (broad SMARTS) is 1. The Morgan fingerprint density at radius 1 is 1.50 bits per heavy atom. The zero-order valence-electron chi connectivity index (χ0n) is 11.1. The number of carbonyl (C=O) groups excluding carboxylic acids is 1. The molecule has 0 radical (unpaired) electrons. The number of amides is 1. The summed E-state index contributed by atoms with van der Waals surface area (Å²) < 4.78 is 1.56. The van der Waals surface area contributed by atoms with Crippen molar-refractivity contribution in [1.82, 2.24) is 25.1 Å². The first-order valence-electron chi connectivity index (χ1n) is 5.98. The molecular weight excluding hydrogens is 262 g/mol. The number of carbonyl (C=O) groups is 2. The molecular formula is C12H15N5O3. The summed E-state index contributed by atoms with van der Waals surface area (Å²) in [6.07, 6.45) is 4.54. The lowest BCUT2D eigenvalue weighted by Crippen LogP contribution is -2.42. The molecule has 0 aromatic carbocycles. The molecule has 0 aliphatic carbocycles. The van der Waals surface area contributed by atoms with Gasteiger partial charge in [-0.2, -0.15) is 5.10 Å². The molecule has 0 bridgehead atoms. The van der Waals surface area contributed by atoms with Crippen LogP contribution in [0.2, 0.25) is 0 Å². The second-order valence-electron chi connectivity index (χ2n) is 4.41. The summed E-state index contributed by atoms with van der Waals surface area (Å²) in [5.41, 5.74) is 1.68. The summed E-state index contributed by atoms with van der Waals surface area (Å²) in [7, 11) is 1.71. The molecule has 0 fully saturated rings. The number of carboxylic acids is 1. The van der Waals surface area contributed by atoms with E-state index >= 15 is 0 Å². The number of hydrogen-bond donors (Lipinski definition) is 3. The van der Waals surface area contributed by atoms with Gasteiger partial charge >= 0.3 is 5.97 Å². The molecule has 2 aromatic rings. The van der Waals surface area contributed by atoms with E-state index < -0.39 is 17.9 Å². The summed E-state index contributed by atoms with van der Waals surface area (Å²) in [4.78, 5) is 29.9. The molecule has 0 saturated carbocycles. The molecule has 0 saturated heterocycles. The fourth-order valence-corrected chi connectivity index (χ4v) is 1.77. The zero-order valence-corrected chi connectivity index (χ0v) is 11.1. The number of nitrogens with one attached hydrogen (secondary N) is 2. The lowest BCUT2D eigenvalue weighted by Gasteiger charge is -2.13. The van der Waals surface area contributed by atoms with Crippen LogP contribution in [-0.2, 0) is 18.3 Å². The second kappa shape index (κ2) is 5.55. The van der Waals surface area contributed by atoms with Crippen LogP contribution >= 0.6 is 0 Å². The van der Waals surface area contributed by atoms with Gasteiger partial charge in [0.1, 0.15) is 6.04 Å². The molecule has 2 rings (SSSR count). The van der Waals surface area contributed by atoms with Crippen molar-refractivity contribution in [3.05, 3.63) is 35.7 Å².